The number of hydrogen-bond donors (Lipinski definition) is 0. The average Bonchev–Trinajstić information content (AvgIpc) is 3.10. The molecule has 0 N–H and O–H groups in total. The molecule has 140 valence electrons. The highest BCUT2D eigenvalue weighted by molar-refractivity contribution is 7.91. The van der Waals surface area contributed by atoms with Gasteiger partial charge in [0, 0.05) is 23.2 Å². The molecule has 0 spiro atoms. The number of aromatic nitrogens is 3. The molecule has 6 nitrogen and oxygen atoms in total. The molecule has 1 saturated heterocycles. The first-order valence-corrected chi connectivity index (χ1v) is 10.9. The van der Waals surface area contributed by atoms with Crippen LogP contribution in [0, 0.1) is 4.77 Å². The second-order valence-electron chi connectivity index (χ2n) is 6.47. The summed E-state index contributed by atoms with van der Waals surface area (Å²) in [6, 6.07) is 7.41. The van der Waals surface area contributed by atoms with Crippen LogP contribution in [0.15, 0.2) is 36.9 Å². The van der Waals surface area contributed by atoms with Gasteiger partial charge in [-0.05, 0) is 50.0 Å². The summed E-state index contributed by atoms with van der Waals surface area (Å²) in [6.45, 7) is 4.77. The molecule has 1 aliphatic heterocycles. The fourth-order valence-electron chi connectivity index (χ4n) is 3.09. The summed E-state index contributed by atoms with van der Waals surface area (Å²) in [5.41, 5.74) is 0.909. The average molecular weight is 413 g/mol. The van der Waals surface area contributed by atoms with Crippen LogP contribution in [-0.2, 0) is 23.1 Å². The van der Waals surface area contributed by atoms with Gasteiger partial charge in [-0.25, -0.2) is 13.1 Å². The first-order valence-electron chi connectivity index (χ1n) is 8.26. The summed E-state index contributed by atoms with van der Waals surface area (Å²) in [5.74, 6) is 1.17. The van der Waals surface area contributed by atoms with Crippen molar-refractivity contribution < 1.29 is 8.42 Å². The molecule has 2 aromatic rings. The maximum atomic E-state index is 11.7. The molecule has 0 unspecified atom stereocenters. The van der Waals surface area contributed by atoms with Gasteiger partial charge in [-0.15, -0.1) is 6.58 Å². The number of sulfone groups is 1. The number of nitrogens with zero attached hydrogens (tertiary/aromatic N) is 4. The number of hydrogen-bond acceptors (Lipinski definition) is 5. The van der Waals surface area contributed by atoms with Gasteiger partial charge in [0.05, 0.1) is 18.2 Å². The van der Waals surface area contributed by atoms with Gasteiger partial charge in [-0.2, -0.15) is 5.10 Å². The van der Waals surface area contributed by atoms with Crippen LogP contribution in [-0.4, -0.2) is 52.3 Å². The van der Waals surface area contributed by atoms with Crippen LogP contribution in [0.3, 0.4) is 0 Å². The van der Waals surface area contributed by atoms with E-state index in [1.807, 2.05) is 40.8 Å². The smallest absolute Gasteiger partial charge is 0.199 e. The molecule has 3 rings (SSSR count). The van der Waals surface area contributed by atoms with Crippen LogP contribution < -0.4 is 0 Å². The van der Waals surface area contributed by atoms with Gasteiger partial charge in [0.1, 0.15) is 0 Å². The lowest BCUT2D eigenvalue weighted by Crippen LogP contribution is -2.34. The Bertz CT molecular complexity index is 964. The highest BCUT2D eigenvalue weighted by Gasteiger charge is 2.31. The Morgan fingerprint density at radius 1 is 1.42 bits per heavy atom. The van der Waals surface area contributed by atoms with E-state index in [-0.39, 0.29) is 17.5 Å². The summed E-state index contributed by atoms with van der Waals surface area (Å²) in [7, 11) is -1.03. The number of rotatable bonds is 6. The van der Waals surface area contributed by atoms with Crippen molar-refractivity contribution in [1.29, 1.82) is 0 Å². The minimum Gasteiger partial charge on any atom is -0.296 e. The van der Waals surface area contributed by atoms with Gasteiger partial charge < -0.3 is 0 Å². The summed E-state index contributed by atoms with van der Waals surface area (Å²) in [6.07, 6.45) is 2.41. The molecule has 2 heterocycles. The highest BCUT2D eigenvalue weighted by Crippen LogP contribution is 2.22. The molecule has 0 amide bonds. The molecular formula is C17H21ClN4O2S2. The van der Waals surface area contributed by atoms with Crippen molar-refractivity contribution in [3.05, 3.63) is 46.7 Å². The minimum absolute atomic E-state index is 0.00886. The van der Waals surface area contributed by atoms with Gasteiger partial charge in [-0.1, -0.05) is 17.7 Å². The number of halogens is 1. The molecule has 9 heteroatoms. The first-order chi connectivity index (χ1) is 12.3. The zero-order valence-corrected chi connectivity index (χ0v) is 16.9. The van der Waals surface area contributed by atoms with Crippen LogP contribution in [0.5, 0.6) is 0 Å². The quantitative estimate of drug-likeness (QED) is 0.539. The van der Waals surface area contributed by atoms with Crippen molar-refractivity contribution in [2.45, 2.75) is 25.7 Å². The fraction of sp³-hybridized carbons (Fsp3) is 0.412. The topological polar surface area (TPSA) is 60.1 Å². The summed E-state index contributed by atoms with van der Waals surface area (Å²) < 4.78 is 27.7. The SMILES string of the molecule is C=CCn1c(-c2ccc(Cl)cc2)nn(CN(C)[C@@H]2CCS(=O)(=O)C2)c1=S. The molecule has 0 bridgehead atoms. The third kappa shape index (κ3) is 4.09. The minimum atomic E-state index is -2.93. The Labute approximate surface area is 163 Å². The Hall–Kier alpha value is -1.48. The van der Waals surface area contributed by atoms with Crippen LogP contribution in [0.2, 0.25) is 5.02 Å². The van der Waals surface area contributed by atoms with Crippen LogP contribution in [0.25, 0.3) is 11.4 Å². The normalized spacial score (nSPS) is 19.1. The van der Waals surface area contributed by atoms with Crippen LogP contribution in [0.1, 0.15) is 6.42 Å². The molecule has 0 aliphatic carbocycles. The second kappa shape index (κ2) is 7.64. The standard InChI is InChI=1S/C17H21ClN4O2S2/c1-3-9-21-16(13-4-6-14(18)7-5-13)19-22(17(21)25)12-20(2)15-8-10-26(23,24)11-15/h3-7,15H,1,8-12H2,2H3/t15-/m1/s1. The molecule has 0 radical (unpaired) electrons. The van der Waals surface area contributed by atoms with Crippen molar-refractivity contribution in [3.8, 4) is 11.4 Å². The predicted molar refractivity (Wildman–Crippen MR) is 107 cm³/mol. The molecular weight excluding hydrogens is 392 g/mol. The molecule has 1 aromatic carbocycles. The molecule has 1 aliphatic rings. The van der Waals surface area contributed by atoms with Crippen molar-refractivity contribution in [3.63, 3.8) is 0 Å². The van der Waals surface area contributed by atoms with E-state index >= 15 is 0 Å². The van der Waals surface area contributed by atoms with E-state index in [0.717, 1.165) is 11.4 Å². The largest absolute Gasteiger partial charge is 0.296 e. The van der Waals surface area contributed by atoms with Gasteiger partial charge in [0.15, 0.2) is 20.4 Å². The van der Waals surface area contributed by atoms with E-state index in [4.69, 9.17) is 23.8 Å². The fourth-order valence-corrected chi connectivity index (χ4v) is 5.28. The van der Waals surface area contributed by atoms with E-state index in [1.54, 1.807) is 10.8 Å². The van der Waals surface area contributed by atoms with Crippen LogP contribution >= 0.6 is 23.8 Å². The Morgan fingerprint density at radius 2 is 2.12 bits per heavy atom. The third-order valence-electron chi connectivity index (χ3n) is 4.53. The van der Waals surface area contributed by atoms with Gasteiger partial charge >= 0.3 is 0 Å². The Balaban J connectivity index is 1.90. The first kappa shape index (κ1) is 19.3. The van der Waals surface area contributed by atoms with E-state index in [0.29, 0.717) is 29.4 Å². The Kier molecular flexibility index (Phi) is 5.67. The second-order valence-corrected chi connectivity index (χ2v) is 9.50. The number of benzene rings is 1. The number of allylic oxidation sites excluding steroid dienone is 1. The zero-order valence-electron chi connectivity index (χ0n) is 14.5. The zero-order chi connectivity index (χ0) is 18.9. The van der Waals surface area contributed by atoms with Crippen molar-refractivity contribution in [1.82, 2.24) is 19.2 Å². The summed E-state index contributed by atoms with van der Waals surface area (Å²) in [4.78, 5) is 2.00. The summed E-state index contributed by atoms with van der Waals surface area (Å²) >= 11 is 11.6. The molecule has 0 saturated carbocycles. The van der Waals surface area contributed by atoms with E-state index in [2.05, 4.69) is 11.7 Å². The lowest BCUT2D eigenvalue weighted by atomic mass is 10.2. The van der Waals surface area contributed by atoms with Crippen molar-refractivity contribution in [2.75, 3.05) is 18.6 Å². The van der Waals surface area contributed by atoms with E-state index in [9.17, 15) is 8.42 Å². The molecule has 26 heavy (non-hydrogen) atoms. The van der Waals surface area contributed by atoms with Gasteiger partial charge in [-0.3, -0.25) is 9.47 Å². The predicted octanol–water partition coefficient (Wildman–Crippen LogP) is 3.00. The summed E-state index contributed by atoms with van der Waals surface area (Å²) in [5, 5.41) is 5.33. The maximum Gasteiger partial charge on any atom is 0.199 e. The molecule has 1 atom stereocenters. The monoisotopic (exact) mass is 412 g/mol. The molecule has 1 aromatic heterocycles. The molecule has 1 fully saturated rings. The lowest BCUT2D eigenvalue weighted by Gasteiger charge is -2.22. The van der Waals surface area contributed by atoms with Crippen LogP contribution in [0.4, 0.5) is 0 Å². The Morgan fingerprint density at radius 3 is 2.69 bits per heavy atom. The van der Waals surface area contributed by atoms with E-state index < -0.39 is 9.84 Å². The van der Waals surface area contributed by atoms with E-state index in [1.165, 1.54) is 0 Å². The van der Waals surface area contributed by atoms with Crippen molar-refractivity contribution >= 4 is 33.7 Å². The van der Waals surface area contributed by atoms with Gasteiger partial charge in [0.25, 0.3) is 0 Å². The lowest BCUT2D eigenvalue weighted by molar-refractivity contribution is 0.196. The highest BCUT2D eigenvalue weighted by atomic mass is 35.5. The van der Waals surface area contributed by atoms with Gasteiger partial charge in [0.2, 0.25) is 0 Å². The van der Waals surface area contributed by atoms with Crippen molar-refractivity contribution in [2.24, 2.45) is 0 Å². The third-order valence-corrected chi connectivity index (χ3v) is 6.96. The maximum absolute atomic E-state index is 11.7.